The van der Waals surface area contributed by atoms with Crippen molar-refractivity contribution in [1.82, 2.24) is 0 Å². The van der Waals surface area contributed by atoms with Crippen LogP contribution < -0.4 is 0 Å². The second-order valence-corrected chi connectivity index (χ2v) is 3.59. The standard InChI is InChI=1S/C9H15BrO4/c1-7(2)9(12)14-6-8(11)5-13-4-3-10/h8,11H,1,3-6H2,2H3. The molecule has 0 aliphatic heterocycles. The van der Waals surface area contributed by atoms with E-state index in [2.05, 4.69) is 22.5 Å². The van der Waals surface area contributed by atoms with Gasteiger partial charge in [-0.1, -0.05) is 22.5 Å². The van der Waals surface area contributed by atoms with Gasteiger partial charge in [-0.15, -0.1) is 0 Å². The van der Waals surface area contributed by atoms with Crippen LogP contribution in [0.5, 0.6) is 0 Å². The largest absolute Gasteiger partial charge is 0.460 e. The molecule has 0 saturated heterocycles. The highest BCUT2D eigenvalue weighted by atomic mass is 79.9. The van der Waals surface area contributed by atoms with Crippen LogP contribution in [-0.2, 0) is 14.3 Å². The summed E-state index contributed by atoms with van der Waals surface area (Å²) >= 11 is 3.18. The van der Waals surface area contributed by atoms with Gasteiger partial charge in [0.15, 0.2) is 0 Å². The number of hydrogen-bond acceptors (Lipinski definition) is 4. The molecule has 82 valence electrons. The molecule has 0 aromatic rings. The number of carbonyl (C=O) groups is 1. The molecule has 4 nitrogen and oxygen atoms in total. The second-order valence-electron chi connectivity index (χ2n) is 2.80. The number of esters is 1. The second kappa shape index (κ2) is 7.96. The minimum atomic E-state index is -0.780. The average molecular weight is 267 g/mol. The van der Waals surface area contributed by atoms with Gasteiger partial charge in [-0.25, -0.2) is 4.79 Å². The van der Waals surface area contributed by atoms with Gasteiger partial charge >= 0.3 is 5.97 Å². The molecule has 5 heteroatoms. The summed E-state index contributed by atoms with van der Waals surface area (Å²) in [5.74, 6) is -0.496. The lowest BCUT2D eigenvalue weighted by molar-refractivity contribution is -0.143. The highest BCUT2D eigenvalue weighted by molar-refractivity contribution is 9.09. The Balaban J connectivity index is 3.48. The van der Waals surface area contributed by atoms with Crippen molar-refractivity contribution in [3.8, 4) is 0 Å². The highest BCUT2D eigenvalue weighted by Crippen LogP contribution is 1.95. The maximum absolute atomic E-state index is 10.9. The van der Waals surface area contributed by atoms with Crippen LogP contribution >= 0.6 is 15.9 Å². The Hall–Kier alpha value is -0.390. The molecule has 0 saturated carbocycles. The molecule has 1 atom stereocenters. The van der Waals surface area contributed by atoms with Gasteiger partial charge in [0.25, 0.3) is 0 Å². The zero-order chi connectivity index (χ0) is 11.0. The molecular formula is C9H15BrO4. The van der Waals surface area contributed by atoms with E-state index in [-0.39, 0.29) is 13.2 Å². The molecule has 0 aliphatic rings. The fourth-order valence-electron chi connectivity index (χ4n) is 0.617. The number of hydrogen-bond donors (Lipinski definition) is 1. The zero-order valence-electron chi connectivity index (χ0n) is 8.16. The summed E-state index contributed by atoms with van der Waals surface area (Å²) in [4.78, 5) is 10.9. The third kappa shape index (κ3) is 7.06. The molecule has 0 bridgehead atoms. The zero-order valence-corrected chi connectivity index (χ0v) is 9.75. The topological polar surface area (TPSA) is 55.8 Å². The van der Waals surface area contributed by atoms with Crippen LogP contribution in [0.4, 0.5) is 0 Å². The van der Waals surface area contributed by atoms with Gasteiger partial charge in [-0.05, 0) is 6.92 Å². The van der Waals surface area contributed by atoms with Gasteiger partial charge in [-0.3, -0.25) is 0 Å². The summed E-state index contributed by atoms with van der Waals surface area (Å²) < 4.78 is 9.74. The van der Waals surface area contributed by atoms with E-state index in [1.54, 1.807) is 6.92 Å². The molecule has 0 spiro atoms. The van der Waals surface area contributed by atoms with Gasteiger partial charge < -0.3 is 14.6 Å². The van der Waals surface area contributed by atoms with Crippen LogP contribution in [0.2, 0.25) is 0 Å². The van der Waals surface area contributed by atoms with Crippen LogP contribution in [0, 0.1) is 0 Å². The van der Waals surface area contributed by atoms with E-state index in [1.165, 1.54) is 0 Å². The predicted molar refractivity (Wildman–Crippen MR) is 56.4 cm³/mol. The van der Waals surface area contributed by atoms with Gasteiger partial charge in [0.1, 0.15) is 12.7 Å². The van der Waals surface area contributed by atoms with E-state index in [0.29, 0.717) is 17.5 Å². The fraction of sp³-hybridized carbons (Fsp3) is 0.667. The first-order chi connectivity index (χ1) is 6.57. The molecule has 1 unspecified atom stereocenters. The Morgan fingerprint density at radius 2 is 2.21 bits per heavy atom. The van der Waals surface area contributed by atoms with E-state index in [4.69, 9.17) is 9.47 Å². The Morgan fingerprint density at radius 1 is 1.57 bits per heavy atom. The Morgan fingerprint density at radius 3 is 2.71 bits per heavy atom. The van der Waals surface area contributed by atoms with E-state index < -0.39 is 12.1 Å². The maximum Gasteiger partial charge on any atom is 0.333 e. The van der Waals surface area contributed by atoms with Crippen molar-refractivity contribution in [2.24, 2.45) is 0 Å². The third-order valence-corrected chi connectivity index (χ3v) is 1.61. The Kier molecular flexibility index (Phi) is 7.74. The number of halogens is 1. The first-order valence-corrected chi connectivity index (χ1v) is 5.34. The molecule has 0 aromatic carbocycles. The lowest BCUT2D eigenvalue weighted by atomic mass is 10.3. The van der Waals surface area contributed by atoms with Crippen molar-refractivity contribution in [1.29, 1.82) is 0 Å². The van der Waals surface area contributed by atoms with Crippen molar-refractivity contribution >= 4 is 21.9 Å². The number of aliphatic hydroxyl groups excluding tert-OH is 1. The smallest absolute Gasteiger partial charge is 0.333 e. The van der Waals surface area contributed by atoms with E-state index in [0.717, 1.165) is 0 Å². The van der Waals surface area contributed by atoms with E-state index >= 15 is 0 Å². The number of rotatable bonds is 7. The van der Waals surface area contributed by atoms with Crippen molar-refractivity contribution in [3.63, 3.8) is 0 Å². The minimum absolute atomic E-state index is 0.0615. The van der Waals surface area contributed by atoms with Crippen molar-refractivity contribution < 1.29 is 19.4 Å². The molecule has 1 N–H and O–H groups in total. The fourth-order valence-corrected chi connectivity index (χ4v) is 0.846. The molecule has 0 radical (unpaired) electrons. The lowest BCUT2D eigenvalue weighted by Gasteiger charge is -2.11. The number of ether oxygens (including phenoxy) is 2. The van der Waals surface area contributed by atoms with Gasteiger partial charge in [0.2, 0.25) is 0 Å². The first kappa shape index (κ1) is 13.6. The minimum Gasteiger partial charge on any atom is -0.460 e. The molecule has 14 heavy (non-hydrogen) atoms. The van der Waals surface area contributed by atoms with Crippen LogP contribution in [0.1, 0.15) is 6.92 Å². The van der Waals surface area contributed by atoms with E-state index in [9.17, 15) is 9.90 Å². The summed E-state index contributed by atoms with van der Waals surface area (Å²) in [6, 6.07) is 0. The molecule has 0 heterocycles. The Labute approximate surface area is 92.0 Å². The quantitative estimate of drug-likeness (QED) is 0.322. The molecule has 0 amide bonds. The lowest BCUT2D eigenvalue weighted by Crippen LogP contribution is -2.24. The normalized spacial score (nSPS) is 12.2. The van der Waals surface area contributed by atoms with Gasteiger partial charge in [-0.2, -0.15) is 0 Å². The SMILES string of the molecule is C=C(C)C(=O)OCC(O)COCCBr. The summed E-state index contributed by atoms with van der Waals surface area (Å²) in [7, 11) is 0. The number of aliphatic hydroxyl groups is 1. The van der Waals surface area contributed by atoms with Gasteiger partial charge in [0.05, 0.1) is 13.2 Å². The number of alkyl halides is 1. The van der Waals surface area contributed by atoms with Gasteiger partial charge in [0, 0.05) is 10.9 Å². The summed E-state index contributed by atoms with van der Waals surface area (Å²) in [5.41, 5.74) is 0.318. The molecule has 0 fully saturated rings. The molecule has 0 rings (SSSR count). The van der Waals surface area contributed by atoms with Crippen LogP contribution in [0.3, 0.4) is 0 Å². The summed E-state index contributed by atoms with van der Waals surface area (Å²) in [6.45, 7) is 5.59. The van der Waals surface area contributed by atoms with Crippen LogP contribution in [0.15, 0.2) is 12.2 Å². The first-order valence-electron chi connectivity index (χ1n) is 4.22. The molecular weight excluding hydrogens is 252 g/mol. The monoisotopic (exact) mass is 266 g/mol. The highest BCUT2D eigenvalue weighted by Gasteiger charge is 2.08. The average Bonchev–Trinajstić information content (AvgIpc) is 2.14. The van der Waals surface area contributed by atoms with Crippen LogP contribution in [-0.4, -0.2) is 42.3 Å². The van der Waals surface area contributed by atoms with Crippen LogP contribution in [0.25, 0.3) is 0 Å². The van der Waals surface area contributed by atoms with Crippen molar-refractivity contribution in [3.05, 3.63) is 12.2 Å². The molecule has 0 aliphatic carbocycles. The Bertz CT molecular complexity index is 193. The molecule has 0 aromatic heterocycles. The summed E-state index contributed by atoms with van der Waals surface area (Å²) in [5, 5.41) is 9.97. The van der Waals surface area contributed by atoms with Crippen molar-refractivity contribution in [2.45, 2.75) is 13.0 Å². The van der Waals surface area contributed by atoms with Crippen molar-refractivity contribution in [2.75, 3.05) is 25.2 Å². The summed E-state index contributed by atoms with van der Waals surface area (Å²) in [6.07, 6.45) is -0.780. The third-order valence-electron chi connectivity index (χ3n) is 1.29. The maximum atomic E-state index is 10.9. The predicted octanol–water partition coefficient (Wildman–Crippen LogP) is 0.878. The van der Waals surface area contributed by atoms with E-state index in [1.807, 2.05) is 0 Å². The number of carbonyl (C=O) groups excluding carboxylic acids is 1.